The SMILES string of the molecule is CCN(C)C(=NCC1COC(C)C1)C(Br)(Br)[N+](=O)[O-]. The Morgan fingerprint density at radius 3 is 2.68 bits per heavy atom. The van der Waals surface area contributed by atoms with Gasteiger partial charge in [-0.2, -0.15) is 0 Å². The zero-order chi connectivity index (χ0) is 14.6. The third-order valence-electron chi connectivity index (χ3n) is 3.12. The molecule has 0 N–H and O–H groups in total. The molecule has 0 aromatic rings. The molecule has 2 unspecified atom stereocenters. The number of halogens is 2. The molecule has 0 bridgehead atoms. The standard InChI is InChI=1S/C11H19Br2N3O3/c1-4-15(3)10(11(12,13)16(17)18)14-6-9-5-8(2)19-7-9/h8-9H,4-7H2,1-3H3. The molecule has 0 spiro atoms. The average molecular weight is 401 g/mol. The molecule has 1 rings (SSSR count). The minimum Gasteiger partial charge on any atom is -0.378 e. The van der Waals surface area contributed by atoms with E-state index in [0.29, 0.717) is 31.4 Å². The van der Waals surface area contributed by atoms with E-state index in [2.05, 4.69) is 36.9 Å². The van der Waals surface area contributed by atoms with Crippen molar-refractivity contribution < 1.29 is 9.66 Å². The van der Waals surface area contributed by atoms with Gasteiger partial charge in [0.2, 0.25) is 5.84 Å². The van der Waals surface area contributed by atoms with Gasteiger partial charge in [0.15, 0.2) is 0 Å². The molecule has 0 saturated carbocycles. The van der Waals surface area contributed by atoms with Crippen LogP contribution in [0.25, 0.3) is 0 Å². The van der Waals surface area contributed by atoms with E-state index in [0.717, 1.165) is 6.42 Å². The van der Waals surface area contributed by atoms with E-state index >= 15 is 0 Å². The van der Waals surface area contributed by atoms with E-state index in [1.165, 1.54) is 0 Å². The average Bonchev–Trinajstić information content (AvgIpc) is 2.74. The topological polar surface area (TPSA) is 68.0 Å². The van der Waals surface area contributed by atoms with E-state index in [9.17, 15) is 10.1 Å². The first-order chi connectivity index (χ1) is 8.78. The summed E-state index contributed by atoms with van der Waals surface area (Å²) in [5.41, 5.74) is 0. The molecule has 0 aromatic carbocycles. The molecule has 110 valence electrons. The van der Waals surface area contributed by atoms with Crippen molar-refractivity contribution in [3.05, 3.63) is 10.1 Å². The van der Waals surface area contributed by atoms with Crippen LogP contribution in [0.15, 0.2) is 4.99 Å². The number of hydrogen-bond acceptors (Lipinski definition) is 4. The fourth-order valence-corrected chi connectivity index (χ4v) is 2.78. The van der Waals surface area contributed by atoms with Gasteiger partial charge in [0, 0.05) is 57.9 Å². The normalized spacial score (nSPS) is 24.6. The first kappa shape index (κ1) is 16.8. The summed E-state index contributed by atoms with van der Waals surface area (Å²) in [6.45, 7) is 5.80. The second-order valence-electron chi connectivity index (χ2n) is 4.72. The molecule has 19 heavy (non-hydrogen) atoms. The highest BCUT2D eigenvalue weighted by Crippen LogP contribution is 2.30. The van der Waals surface area contributed by atoms with Crippen LogP contribution in [0.1, 0.15) is 20.3 Å². The second-order valence-corrected chi connectivity index (χ2v) is 8.08. The number of ether oxygens (including phenoxy) is 1. The van der Waals surface area contributed by atoms with Gasteiger partial charge in [-0.05, 0) is 20.3 Å². The van der Waals surface area contributed by atoms with Crippen molar-refractivity contribution in [1.29, 1.82) is 0 Å². The number of likely N-dealkylation sites (N-methyl/N-ethyl adjacent to an activating group) is 1. The molecule has 0 amide bonds. The minimum absolute atomic E-state index is 0.251. The lowest BCUT2D eigenvalue weighted by Gasteiger charge is -2.24. The summed E-state index contributed by atoms with van der Waals surface area (Å²) < 4.78 is 3.95. The molecule has 0 radical (unpaired) electrons. The van der Waals surface area contributed by atoms with Crippen molar-refractivity contribution in [3.8, 4) is 0 Å². The zero-order valence-electron chi connectivity index (χ0n) is 11.3. The molecule has 0 aliphatic carbocycles. The molecule has 2 atom stereocenters. The largest absolute Gasteiger partial charge is 0.382 e. The summed E-state index contributed by atoms with van der Waals surface area (Å²) in [5, 5.41) is 11.1. The van der Waals surface area contributed by atoms with E-state index in [4.69, 9.17) is 4.74 Å². The lowest BCUT2D eigenvalue weighted by Crippen LogP contribution is -2.44. The van der Waals surface area contributed by atoms with Crippen molar-refractivity contribution in [2.24, 2.45) is 10.9 Å². The van der Waals surface area contributed by atoms with Crippen LogP contribution >= 0.6 is 31.9 Å². The first-order valence-electron chi connectivity index (χ1n) is 6.19. The minimum atomic E-state index is -1.53. The summed E-state index contributed by atoms with van der Waals surface area (Å²) >= 11 is 6.18. The molecule has 1 aliphatic rings. The number of rotatable bonds is 5. The number of hydrogen-bond donors (Lipinski definition) is 0. The van der Waals surface area contributed by atoms with Crippen LogP contribution in [0.2, 0.25) is 0 Å². The fraction of sp³-hybridized carbons (Fsp3) is 0.909. The molecule has 6 nitrogen and oxygen atoms in total. The summed E-state index contributed by atoms with van der Waals surface area (Å²) in [5.74, 6) is 0.706. The summed E-state index contributed by atoms with van der Waals surface area (Å²) in [6.07, 6.45) is 1.20. The number of nitrogens with zero attached hydrogens (tertiary/aromatic N) is 3. The molecule has 1 aliphatic heterocycles. The number of aliphatic imine (C=N–C) groups is 1. The van der Waals surface area contributed by atoms with E-state index in [-0.39, 0.29) is 6.10 Å². The Labute approximate surface area is 130 Å². The lowest BCUT2D eigenvalue weighted by atomic mass is 10.1. The Hall–Kier alpha value is -0.210. The zero-order valence-corrected chi connectivity index (χ0v) is 14.5. The molecular weight excluding hydrogens is 382 g/mol. The molecule has 1 fully saturated rings. The van der Waals surface area contributed by atoms with Gasteiger partial charge in [0.25, 0.3) is 0 Å². The van der Waals surface area contributed by atoms with E-state index < -0.39 is 8.28 Å². The lowest BCUT2D eigenvalue weighted by molar-refractivity contribution is -0.486. The highest BCUT2D eigenvalue weighted by molar-refractivity contribution is 9.25. The maximum absolute atomic E-state index is 11.1. The van der Waals surface area contributed by atoms with Crippen LogP contribution < -0.4 is 0 Å². The maximum Gasteiger partial charge on any atom is 0.382 e. The van der Waals surface area contributed by atoms with Gasteiger partial charge in [-0.15, -0.1) is 0 Å². The predicted molar refractivity (Wildman–Crippen MR) is 81.7 cm³/mol. The Balaban J connectivity index is 2.82. The highest BCUT2D eigenvalue weighted by atomic mass is 79.9. The van der Waals surface area contributed by atoms with Gasteiger partial charge in [0.1, 0.15) is 0 Å². The Bertz CT molecular complexity index is 363. The van der Waals surface area contributed by atoms with Gasteiger partial charge in [-0.25, -0.2) is 0 Å². The van der Waals surface area contributed by atoms with Crippen LogP contribution in [0.4, 0.5) is 0 Å². The van der Waals surface area contributed by atoms with Crippen molar-refractivity contribution >= 4 is 37.7 Å². The van der Waals surface area contributed by atoms with Gasteiger partial charge >= 0.3 is 3.36 Å². The highest BCUT2D eigenvalue weighted by Gasteiger charge is 2.45. The predicted octanol–water partition coefficient (Wildman–Crippen LogP) is 2.48. The van der Waals surface area contributed by atoms with Gasteiger partial charge in [-0.3, -0.25) is 15.1 Å². The monoisotopic (exact) mass is 399 g/mol. The summed E-state index contributed by atoms with van der Waals surface area (Å²) in [4.78, 5) is 16.9. The van der Waals surface area contributed by atoms with Gasteiger partial charge in [0.05, 0.1) is 17.6 Å². The van der Waals surface area contributed by atoms with Gasteiger partial charge < -0.3 is 9.64 Å². The molecule has 8 heteroatoms. The summed E-state index contributed by atoms with van der Waals surface area (Å²) in [7, 11) is 1.79. The van der Waals surface area contributed by atoms with Crippen LogP contribution in [0.3, 0.4) is 0 Å². The Morgan fingerprint density at radius 1 is 1.63 bits per heavy atom. The third-order valence-corrected chi connectivity index (χ3v) is 4.40. The molecule has 1 heterocycles. The molecule has 0 aromatic heterocycles. The molecule has 1 saturated heterocycles. The number of nitro groups is 1. The van der Waals surface area contributed by atoms with Crippen LogP contribution in [0, 0.1) is 16.0 Å². The maximum atomic E-state index is 11.1. The van der Waals surface area contributed by atoms with E-state index in [1.54, 1.807) is 11.9 Å². The Kier molecular flexibility index (Phi) is 6.19. The fourth-order valence-electron chi connectivity index (χ4n) is 1.93. The summed E-state index contributed by atoms with van der Waals surface area (Å²) in [6, 6.07) is 0. The Morgan fingerprint density at radius 2 is 2.26 bits per heavy atom. The first-order valence-corrected chi connectivity index (χ1v) is 7.77. The smallest absolute Gasteiger partial charge is 0.378 e. The van der Waals surface area contributed by atoms with Crippen LogP contribution in [0.5, 0.6) is 0 Å². The number of alkyl halides is 2. The van der Waals surface area contributed by atoms with Gasteiger partial charge in [-0.1, -0.05) is 0 Å². The van der Waals surface area contributed by atoms with Crippen LogP contribution in [-0.4, -0.2) is 51.9 Å². The van der Waals surface area contributed by atoms with Crippen molar-refractivity contribution in [3.63, 3.8) is 0 Å². The van der Waals surface area contributed by atoms with Crippen molar-refractivity contribution in [2.75, 3.05) is 26.7 Å². The second kappa shape index (κ2) is 6.99. The third kappa shape index (κ3) is 4.39. The van der Waals surface area contributed by atoms with E-state index in [1.807, 2.05) is 13.8 Å². The molecular formula is C11H19Br2N3O3. The van der Waals surface area contributed by atoms with Crippen LogP contribution in [-0.2, 0) is 4.74 Å². The van der Waals surface area contributed by atoms with Crippen molar-refractivity contribution in [1.82, 2.24) is 4.90 Å². The number of amidine groups is 1. The quantitative estimate of drug-likeness (QED) is 0.177. The van der Waals surface area contributed by atoms with Crippen molar-refractivity contribution in [2.45, 2.75) is 29.7 Å².